The van der Waals surface area contributed by atoms with Gasteiger partial charge in [-0.25, -0.2) is 0 Å². The van der Waals surface area contributed by atoms with Crippen LogP contribution >= 0.6 is 0 Å². The molecule has 0 aromatic rings. The molecular weight excluding hydrogens is 188 g/mol. The van der Waals surface area contributed by atoms with E-state index >= 15 is 0 Å². The van der Waals surface area contributed by atoms with Gasteiger partial charge in [0.2, 0.25) is 0 Å². The summed E-state index contributed by atoms with van der Waals surface area (Å²) in [5.74, 6) is 0. The summed E-state index contributed by atoms with van der Waals surface area (Å²) in [7, 11) is 0. The minimum atomic E-state index is 0.0556. The standard InChI is InChI=1S/Ce.H2O2.O/c;1-2;/h;1-2H;. The molecule has 0 aromatic heterocycles. The van der Waals surface area contributed by atoms with Crippen LogP contribution in [0.2, 0.25) is 0 Å². The van der Waals surface area contributed by atoms with Gasteiger partial charge in [-0.3, -0.25) is 10.5 Å². The first-order chi connectivity index (χ1) is 2.00. The van der Waals surface area contributed by atoms with Gasteiger partial charge in [-0.1, -0.05) is 0 Å². The number of hydrogen-bond acceptors (Lipinski definition) is 3. The van der Waals surface area contributed by atoms with E-state index in [1.165, 1.54) is 0 Å². The SMILES string of the molecule is OO.[O]=[Ce]. The van der Waals surface area contributed by atoms with Gasteiger partial charge >= 0.3 is 40.7 Å². The summed E-state index contributed by atoms with van der Waals surface area (Å²) < 4.78 is 8.39. The van der Waals surface area contributed by atoms with E-state index in [2.05, 4.69) is 0 Å². The van der Waals surface area contributed by atoms with Crippen molar-refractivity contribution in [2.24, 2.45) is 0 Å². The quantitative estimate of drug-likeness (QED) is 0.414. The molecule has 24 valence electrons. The summed E-state index contributed by atoms with van der Waals surface area (Å²) in [4.78, 5) is 0. The van der Waals surface area contributed by atoms with Crippen LogP contribution in [0.25, 0.3) is 0 Å². The van der Waals surface area contributed by atoms with Gasteiger partial charge in [0.05, 0.1) is 0 Å². The third-order valence-electron chi connectivity index (χ3n) is 0. The molecule has 0 bridgehead atoms. The summed E-state index contributed by atoms with van der Waals surface area (Å²) in [6.07, 6.45) is 0. The first-order valence-corrected chi connectivity index (χ1v) is 1.69. The Hall–Kier alpha value is 1.10. The Bertz CT molecular complexity index is 3.25. The van der Waals surface area contributed by atoms with Gasteiger partial charge in [0.1, 0.15) is 0 Å². The zero-order valence-corrected chi connectivity index (χ0v) is 4.94. The van der Waals surface area contributed by atoms with Crippen LogP contribution in [0.3, 0.4) is 0 Å². The van der Waals surface area contributed by atoms with E-state index in [9.17, 15) is 0 Å². The molecule has 0 radical (unpaired) electrons. The summed E-state index contributed by atoms with van der Waals surface area (Å²) in [6, 6.07) is 0. The molecule has 0 heterocycles. The van der Waals surface area contributed by atoms with Crippen molar-refractivity contribution in [1.82, 2.24) is 0 Å². The molecule has 0 fully saturated rings. The van der Waals surface area contributed by atoms with Gasteiger partial charge in [-0.2, -0.15) is 0 Å². The van der Waals surface area contributed by atoms with Crippen molar-refractivity contribution in [3.63, 3.8) is 0 Å². The van der Waals surface area contributed by atoms with E-state index in [0.717, 1.165) is 0 Å². The molecule has 0 amide bonds. The van der Waals surface area contributed by atoms with E-state index in [4.69, 9.17) is 11.5 Å². The molecule has 3 nitrogen and oxygen atoms in total. The molecule has 0 rings (SSSR count). The number of hydrogen-bond donors (Lipinski definition) is 2. The van der Waals surface area contributed by atoms with Crippen molar-refractivity contribution in [3.8, 4) is 0 Å². The maximum atomic E-state index is 8.39. The molecule has 0 saturated heterocycles. The molecule has 0 aliphatic rings. The first kappa shape index (κ1) is 8.92. The summed E-state index contributed by atoms with van der Waals surface area (Å²) in [5.41, 5.74) is 0. The van der Waals surface area contributed by atoms with Gasteiger partial charge in [-0.05, 0) is 0 Å². The predicted octanol–water partition coefficient (Wildman–Crippen LogP) is -0.101. The second kappa shape index (κ2) is 32.7. The third-order valence-corrected chi connectivity index (χ3v) is 0. The molecule has 0 aliphatic carbocycles. The fraction of sp³-hybridized carbons (Fsp3) is 0. The van der Waals surface area contributed by atoms with Gasteiger partial charge in [0.15, 0.2) is 0 Å². The molecule has 0 spiro atoms. The topological polar surface area (TPSA) is 57.5 Å². The van der Waals surface area contributed by atoms with Crippen LogP contribution in [0.4, 0.5) is 0 Å². The maximum absolute atomic E-state index is 8.39. The fourth-order valence-corrected chi connectivity index (χ4v) is 0. The molecule has 0 unspecified atom stereocenters. The Morgan fingerprint density at radius 2 is 1.25 bits per heavy atom. The molecule has 2 N–H and O–H groups in total. The van der Waals surface area contributed by atoms with Crippen molar-refractivity contribution in [3.05, 3.63) is 0 Å². The number of rotatable bonds is 0. The van der Waals surface area contributed by atoms with Gasteiger partial charge in [0, 0.05) is 0 Å². The monoisotopic (exact) mass is 190 g/mol. The molecule has 4 heteroatoms. The van der Waals surface area contributed by atoms with Gasteiger partial charge in [0.25, 0.3) is 0 Å². The van der Waals surface area contributed by atoms with Crippen molar-refractivity contribution in [2.75, 3.05) is 0 Å². The van der Waals surface area contributed by atoms with Crippen molar-refractivity contribution in [2.45, 2.75) is 0 Å². The molecule has 4 heavy (non-hydrogen) atoms. The van der Waals surface area contributed by atoms with Crippen LogP contribution in [-0.2, 0) is 0.938 Å². The van der Waals surface area contributed by atoms with Crippen LogP contribution in [0.15, 0.2) is 0 Å². The van der Waals surface area contributed by atoms with E-state index in [0.29, 0.717) is 0 Å². The van der Waals surface area contributed by atoms with Gasteiger partial charge in [-0.15, -0.1) is 0 Å². The van der Waals surface area contributed by atoms with Crippen LogP contribution in [0.5, 0.6) is 0 Å². The van der Waals surface area contributed by atoms with Crippen molar-refractivity contribution < 1.29 is 51.2 Å². The van der Waals surface area contributed by atoms with E-state index in [1.807, 2.05) is 0 Å². The molecule has 0 aliphatic heterocycles. The average Bonchev–Trinajstić information content (AvgIpc) is 1.50. The van der Waals surface area contributed by atoms with Crippen molar-refractivity contribution >= 4 is 0 Å². The zero-order chi connectivity index (χ0) is 4.00. The summed E-state index contributed by atoms with van der Waals surface area (Å²) in [6.45, 7) is 0. The Morgan fingerprint density at radius 1 is 1.25 bits per heavy atom. The third kappa shape index (κ3) is 11.3. The average molecular weight is 190 g/mol. The Labute approximate surface area is 50.7 Å². The molecule has 0 aromatic carbocycles. The summed E-state index contributed by atoms with van der Waals surface area (Å²) in [5, 5.41) is 12.0. The zero-order valence-electron chi connectivity index (χ0n) is 1.80. The Balaban J connectivity index is 0. The second-order valence-electron chi connectivity index (χ2n) is 0. The van der Waals surface area contributed by atoms with Crippen LogP contribution < -0.4 is 0 Å². The predicted molar refractivity (Wildman–Crippen MR) is 5.94 cm³/mol. The van der Waals surface area contributed by atoms with Crippen LogP contribution in [-0.4, -0.2) is 10.5 Å². The molecule has 0 saturated carbocycles. The normalized spacial score (nSPS) is 2.25. The van der Waals surface area contributed by atoms with Crippen LogP contribution in [0, 0.1) is 39.8 Å². The molecular formula is H2CeO3. The van der Waals surface area contributed by atoms with E-state index in [-0.39, 0.29) is 39.8 Å². The van der Waals surface area contributed by atoms with Crippen LogP contribution in [0.1, 0.15) is 0 Å². The first-order valence-electron chi connectivity index (χ1n) is 0.404. The Morgan fingerprint density at radius 3 is 1.25 bits per heavy atom. The second-order valence-corrected chi connectivity index (χ2v) is 0. The van der Waals surface area contributed by atoms with E-state index in [1.54, 1.807) is 0 Å². The molecule has 0 atom stereocenters. The fourth-order valence-electron chi connectivity index (χ4n) is 0. The van der Waals surface area contributed by atoms with Crippen molar-refractivity contribution in [1.29, 1.82) is 0 Å². The Kier molecular flexibility index (Phi) is 72.8. The van der Waals surface area contributed by atoms with Gasteiger partial charge < -0.3 is 0 Å². The summed E-state index contributed by atoms with van der Waals surface area (Å²) >= 11 is 0.0556. The minimum absolute atomic E-state index is 0.0556. The van der Waals surface area contributed by atoms with E-state index < -0.39 is 0 Å².